The fourth-order valence-corrected chi connectivity index (χ4v) is 3.20. The van der Waals surface area contributed by atoms with Crippen molar-refractivity contribution in [3.05, 3.63) is 47.0 Å². The molecule has 2 heterocycles. The minimum absolute atomic E-state index is 0.119. The van der Waals surface area contributed by atoms with Crippen LogP contribution in [-0.2, 0) is 11.3 Å². The van der Waals surface area contributed by atoms with Gasteiger partial charge in [-0.05, 0) is 30.7 Å². The predicted octanol–water partition coefficient (Wildman–Crippen LogP) is 4.28. The molecule has 0 saturated heterocycles. The van der Waals surface area contributed by atoms with E-state index in [2.05, 4.69) is 15.5 Å². The van der Waals surface area contributed by atoms with Crippen molar-refractivity contribution in [2.75, 3.05) is 6.54 Å². The number of aromatic nitrogens is 2. The molecule has 0 unspecified atom stereocenters. The summed E-state index contributed by atoms with van der Waals surface area (Å²) in [7, 11) is 0. The lowest BCUT2D eigenvalue weighted by Crippen LogP contribution is -2.28. The van der Waals surface area contributed by atoms with Crippen molar-refractivity contribution in [2.45, 2.75) is 26.1 Å². The van der Waals surface area contributed by atoms with E-state index in [4.69, 9.17) is 21.1 Å². The lowest BCUT2D eigenvalue weighted by Gasteiger charge is -2.16. The van der Waals surface area contributed by atoms with Crippen molar-refractivity contribution in [3.63, 3.8) is 0 Å². The smallest absolute Gasteiger partial charge is 0.407 e. The van der Waals surface area contributed by atoms with Gasteiger partial charge in [-0.3, -0.25) is 5.10 Å². The Morgan fingerprint density at radius 2 is 2.15 bits per heavy atom. The molecule has 0 spiro atoms. The van der Waals surface area contributed by atoms with Crippen LogP contribution in [0.4, 0.5) is 4.79 Å². The van der Waals surface area contributed by atoms with Gasteiger partial charge < -0.3 is 14.8 Å². The molecule has 26 heavy (non-hydrogen) atoms. The molecule has 6 nitrogen and oxygen atoms in total. The Morgan fingerprint density at radius 3 is 3.04 bits per heavy atom. The minimum atomic E-state index is -0.446. The van der Waals surface area contributed by atoms with Crippen LogP contribution in [-0.4, -0.2) is 28.9 Å². The van der Waals surface area contributed by atoms with Crippen molar-refractivity contribution >= 4 is 28.6 Å². The van der Waals surface area contributed by atoms with Gasteiger partial charge in [-0.2, -0.15) is 5.10 Å². The van der Waals surface area contributed by atoms with Gasteiger partial charge in [0.25, 0.3) is 0 Å². The van der Waals surface area contributed by atoms with Gasteiger partial charge in [0.15, 0.2) is 0 Å². The number of ether oxygens (including phenoxy) is 2. The summed E-state index contributed by atoms with van der Waals surface area (Å²) in [6.45, 7) is 2.59. The SMILES string of the molecule is C[C@@H]1CCNC(=O)OCc2cccc(c2)-c2n[nH]c3cc(Cl)c(cc23)O1. The number of alkyl carbamates (subject to hydrolysis) is 1. The van der Waals surface area contributed by atoms with Gasteiger partial charge in [0.1, 0.15) is 18.1 Å². The van der Waals surface area contributed by atoms with Crippen LogP contribution in [0.1, 0.15) is 18.9 Å². The first kappa shape index (κ1) is 16.7. The van der Waals surface area contributed by atoms with E-state index in [9.17, 15) is 4.79 Å². The molecular weight excluding hydrogens is 354 g/mol. The number of cyclic esters (lactones) is 1. The summed E-state index contributed by atoms with van der Waals surface area (Å²) in [4.78, 5) is 11.8. The van der Waals surface area contributed by atoms with Crippen LogP contribution in [0.5, 0.6) is 5.75 Å². The summed E-state index contributed by atoms with van der Waals surface area (Å²) in [5.41, 5.74) is 3.46. The van der Waals surface area contributed by atoms with Crippen LogP contribution in [0.25, 0.3) is 22.2 Å². The van der Waals surface area contributed by atoms with E-state index in [1.54, 1.807) is 0 Å². The summed E-state index contributed by atoms with van der Waals surface area (Å²) in [5, 5.41) is 11.6. The molecular formula is C19H18ClN3O3. The monoisotopic (exact) mass is 371 g/mol. The van der Waals surface area contributed by atoms with E-state index >= 15 is 0 Å². The number of carbonyl (C=O) groups is 1. The molecule has 1 amide bonds. The molecule has 0 radical (unpaired) electrons. The highest BCUT2D eigenvalue weighted by Gasteiger charge is 2.16. The molecule has 2 N–H and O–H groups in total. The van der Waals surface area contributed by atoms with Crippen LogP contribution in [0.2, 0.25) is 5.02 Å². The Hall–Kier alpha value is -2.73. The second-order valence-electron chi connectivity index (χ2n) is 6.32. The quantitative estimate of drug-likeness (QED) is 0.618. The van der Waals surface area contributed by atoms with Gasteiger partial charge in [0, 0.05) is 23.9 Å². The van der Waals surface area contributed by atoms with Crippen molar-refractivity contribution < 1.29 is 14.3 Å². The van der Waals surface area contributed by atoms with E-state index in [1.807, 2.05) is 43.3 Å². The number of hydrogen-bond donors (Lipinski definition) is 2. The zero-order valence-corrected chi connectivity index (χ0v) is 15.0. The molecule has 0 saturated carbocycles. The first-order valence-electron chi connectivity index (χ1n) is 8.44. The number of hydrogen-bond acceptors (Lipinski definition) is 4. The Bertz CT molecular complexity index is 970. The third-order valence-corrected chi connectivity index (χ3v) is 4.63. The Labute approximate surface area is 155 Å². The zero-order valence-electron chi connectivity index (χ0n) is 14.2. The fraction of sp³-hybridized carbons (Fsp3) is 0.263. The van der Waals surface area contributed by atoms with Gasteiger partial charge in [0.05, 0.1) is 16.6 Å². The maximum atomic E-state index is 11.8. The Kier molecular flexibility index (Phi) is 4.42. The third kappa shape index (κ3) is 3.32. The van der Waals surface area contributed by atoms with Crippen LogP contribution < -0.4 is 10.1 Å². The zero-order chi connectivity index (χ0) is 18.1. The average molecular weight is 372 g/mol. The molecule has 7 heteroatoms. The van der Waals surface area contributed by atoms with E-state index in [-0.39, 0.29) is 12.7 Å². The predicted molar refractivity (Wildman–Crippen MR) is 99.4 cm³/mol. The first-order valence-corrected chi connectivity index (χ1v) is 8.82. The van der Waals surface area contributed by atoms with Gasteiger partial charge in [-0.1, -0.05) is 29.8 Å². The first-order chi connectivity index (χ1) is 12.6. The number of nitrogens with zero attached hydrogens (tertiary/aromatic N) is 1. The van der Waals surface area contributed by atoms with E-state index in [0.29, 0.717) is 23.7 Å². The second kappa shape index (κ2) is 6.88. The number of aromatic amines is 1. The topological polar surface area (TPSA) is 76.2 Å². The van der Waals surface area contributed by atoms with Gasteiger partial charge in [0.2, 0.25) is 0 Å². The third-order valence-electron chi connectivity index (χ3n) is 4.33. The molecule has 134 valence electrons. The van der Waals surface area contributed by atoms with Crippen LogP contribution in [0.15, 0.2) is 36.4 Å². The fourth-order valence-electron chi connectivity index (χ4n) is 2.99. The number of fused-ring (bicyclic) bond motifs is 4. The maximum Gasteiger partial charge on any atom is 0.407 e. The molecule has 1 aliphatic heterocycles. The van der Waals surface area contributed by atoms with E-state index in [1.165, 1.54) is 0 Å². The maximum absolute atomic E-state index is 11.8. The van der Waals surface area contributed by atoms with E-state index < -0.39 is 6.09 Å². The molecule has 2 aromatic carbocycles. The molecule has 4 rings (SSSR count). The minimum Gasteiger partial charge on any atom is -0.489 e. The molecule has 1 aliphatic rings. The summed E-state index contributed by atoms with van der Waals surface area (Å²) < 4.78 is 11.2. The molecule has 1 atom stereocenters. The highest BCUT2D eigenvalue weighted by atomic mass is 35.5. The van der Waals surface area contributed by atoms with Crippen molar-refractivity contribution in [1.29, 1.82) is 0 Å². The lowest BCUT2D eigenvalue weighted by molar-refractivity contribution is 0.137. The summed E-state index contributed by atoms with van der Waals surface area (Å²) in [6.07, 6.45) is 0.0696. The number of rotatable bonds is 0. The lowest BCUT2D eigenvalue weighted by atomic mass is 10.1. The number of nitrogens with one attached hydrogen (secondary N) is 2. The van der Waals surface area contributed by atoms with Crippen molar-refractivity contribution in [2.24, 2.45) is 0 Å². The van der Waals surface area contributed by atoms with Crippen molar-refractivity contribution in [3.8, 4) is 17.0 Å². The molecule has 1 aromatic heterocycles. The number of H-pyrrole nitrogens is 1. The number of benzene rings is 2. The summed E-state index contributed by atoms with van der Waals surface area (Å²) in [6, 6.07) is 11.5. The molecule has 3 aromatic rings. The molecule has 4 bridgehead atoms. The van der Waals surface area contributed by atoms with Crippen LogP contribution >= 0.6 is 11.6 Å². The van der Waals surface area contributed by atoms with E-state index in [0.717, 1.165) is 27.7 Å². The largest absolute Gasteiger partial charge is 0.489 e. The van der Waals surface area contributed by atoms with Crippen LogP contribution in [0, 0.1) is 0 Å². The number of halogens is 1. The number of carbonyl (C=O) groups excluding carboxylic acids is 1. The van der Waals surface area contributed by atoms with Gasteiger partial charge in [-0.25, -0.2) is 4.79 Å². The second-order valence-corrected chi connectivity index (χ2v) is 6.73. The highest BCUT2D eigenvalue weighted by molar-refractivity contribution is 6.33. The summed E-state index contributed by atoms with van der Waals surface area (Å²) in [5.74, 6) is 0.600. The molecule has 0 aliphatic carbocycles. The van der Waals surface area contributed by atoms with Crippen LogP contribution in [0.3, 0.4) is 0 Å². The van der Waals surface area contributed by atoms with Gasteiger partial charge in [-0.15, -0.1) is 0 Å². The highest BCUT2D eigenvalue weighted by Crippen LogP contribution is 2.35. The summed E-state index contributed by atoms with van der Waals surface area (Å²) >= 11 is 6.36. The Balaban J connectivity index is 1.82. The molecule has 0 fully saturated rings. The average Bonchev–Trinajstić information content (AvgIpc) is 3.02. The normalized spacial score (nSPS) is 17.8. The van der Waals surface area contributed by atoms with Gasteiger partial charge >= 0.3 is 6.09 Å². The Morgan fingerprint density at radius 1 is 1.27 bits per heavy atom. The van der Waals surface area contributed by atoms with Crippen molar-refractivity contribution in [1.82, 2.24) is 15.5 Å². The standard InChI is InChI=1S/C19H18ClN3O3/c1-11-5-6-21-19(24)25-10-12-3-2-4-13(7-12)18-14-8-17(26-11)15(20)9-16(14)22-23-18/h2-4,7-9,11H,5-6,10H2,1H3,(H,21,24)(H,22,23)/t11-/m1/s1. The number of amides is 1.